The number of aryl methyl sites for hydroxylation is 1. The molecule has 0 bridgehead atoms. The van der Waals surface area contributed by atoms with Crippen molar-refractivity contribution in [2.75, 3.05) is 24.1 Å². The van der Waals surface area contributed by atoms with E-state index in [1.807, 2.05) is 41.9 Å². The number of benzene rings is 1. The number of hydrogen-bond donors (Lipinski definition) is 2. The van der Waals surface area contributed by atoms with Crippen LogP contribution in [0.2, 0.25) is 0 Å². The van der Waals surface area contributed by atoms with Gasteiger partial charge in [-0.05, 0) is 60.9 Å². The Hall–Kier alpha value is -5.74. The van der Waals surface area contributed by atoms with Crippen molar-refractivity contribution in [3.05, 3.63) is 84.7 Å². The van der Waals surface area contributed by atoms with Gasteiger partial charge >= 0.3 is 0 Å². The van der Waals surface area contributed by atoms with Gasteiger partial charge in [-0.3, -0.25) is 14.1 Å². The summed E-state index contributed by atoms with van der Waals surface area (Å²) < 4.78 is 3.67. The number of pyridine rings is 2. The summed E-state index contributed by atoms with van der Waals surface area (Å²) in [5, 5.41) is 16.9. The standard InChI is InChI=1S/C31H29N13/c1-42-19-36-29(41-42)24-8-9-25-31(38-24)44(30(39-25)23-3-2-13-35-28(23)33)22-6-4-20(5-7-22)18-43-15-11-21(12-16-43)37-26-10-14-34-27(17-32)40-26/h2-10,13-14,19,21H,11-12,15-16,18H2,1H3,(H2,33,35)(H,34,37,40). The first kappa shape index (κ1) is 27.1. The summed E-state index contributed by atoms with van der Waals surface area (Å²) in [7, 11) is 1.83. The van der Waals surface area contributed by atoms with E-state index in [0.29, 0.717) is 40.7 Å². The quantitative estimate of drug-likeness (QED) is 0.282. The fraction of sp³-hybridized carbons (Fsp3) is 0.226. The minimum absolute atomic E-state index is 0.178. The van der Waals surface area contributed by atoms with Gasteiger partial charge in [0, 0.05) is 50.8 Å². The van der Waals surface area contributed by atoms with Crippen LogP contribution in [-0.4, -0.2) is 68.3 Å². The van der Waals surface area contributed by atoms with Gasteiger partial charge in [-0.15, -0.1) is 5.10 Å². The highest BCUT2D eigenvalue weighted by Gasteiger charge is 2.21. The van der Waals surface area contributed by atoms with Crippen molar-refractivity contribution in [2.45, 2.75) is 25.4 Å². The Balaban J connectivity index is 1.13. The minimum Gasteiger partial charge on any atom is -0.383 e. The van der Waals surface area contributed by atoms with E-state index in [1.165, 1.54) is 5.56 Å². The summed E-state index contributed by atoms with van der Waals surface area (Å²) in [5.41, 5.74) is 11.2. The lowest BCUT2D eigenvalue weighted by atomic mass is 10.0. The Bertz CT molecular complexity index is 1980. The molecule has 0 amide bonds. The third kappa shape index (κ3) is 5.41. The van der Waals surface area contributed by atoms with E-state index >= 15 is 0 Å². The summed E-state index contributed by atoms with van der Waals surface area (Å²) >= 11 is 0. The molecular formula is C31H29N13. The second kappa shape index (κ2) is 11.5. The van der Waals surface area contributed by atoms with Gasteiger partial charge < -0.3 is 11.1 Å². The molecule has 1 aliphatic rings. The van der Waals surface area contributed by atoms with Crippen molar-refractivity contribution >= 4 is 22.8 Å². The lowest BCUT2D eigenvalue weighted by molar-refractivity contribution is 0.211. The molecule has 218 valence electrons. The Labute approximate surface area is 253 Å². The average Bonchev–Trinajstić information content (AvgIpc) is 3.66. The van der Waals surface area contributed by atoms with Gasteiger partial charge in [-0.1, -0.05) is 12.1 Å². The van der Waals surface area contributed by atoms with Gasteiger partial charge in [0.2, 0.25) is 5.82 Å². The molecule has 6 aromatic rings. The molecule has 3 N–H and O–H groups in total. The SMILES string of the molecule is Cn1cnc(-c2ccc3nc(-c4cccnc4N)n(-c4ccc(CN5CCC(Nc6ccnc(C#N)n6)CC5)cc4)c3n2)n1. The van der Waals surface area contributed by atoms with Gasteiger partial charge in [0.25, 0.3) is 0 Å². The number of nitrogens with two attached hydrogens (primary N) is 1. The molecule has 13 nitrogen and oxygen atoms in total. The molecule has 0 aliphatic carbocycles. The maximum Gasteiger partial charge on any atom is 0.234 e. The number of nitrogen functional groups attached to an aromatic ring is 1. The van der Waals surface area contributed by atoms with Gasteiger partial charge in [0.05, 0.1) is 5.56 Å². The molecule has 1 fully saturated rings. The van der Waals surface area contributed by atoms with Crippen LogP contribution in [0, 0.1) is 11.3 Å². The molecule has 0 spiro atoms. The predicted octanol–water partition coefficient (Wildman–Crippen LogP) is 3.60. The van der Waals surface area contributed by atoms with Crippen LogP contribution >= 0.6 is 0 Å². The molecule has 1 aliphatic heterocycles. The van der Waals surface area contributed by atoms with Crippen molar-refractivity contribution < 1.29 is 0 Å². The second-order valence-electron chi connectivity index (χ2n) is 10.7. The highest BCUT2D eigenvalue weighted by atomic mass is 15.3. The zero-order valence-electron chi connectivity index (χ0n) is 24.0. The largest absolute Gasteiger partial charge is 0.383 e. The van der Waals surface area contributed by atoms with Gasteiger partial charge in [-0.2, -0.15) is 5.26 Å². The van der Waals surface area contributed by atoms with E-state index in [9.17, 15) is 0 Å². The van der Waals surface area contributed by atoms with Crippen LogP contribution in [0.5, 0.6) is 0 Å². The first-order chi connectivity index (χ1) is 21.5. The summed E-state index contributed by atoms with van der Waals surface area (Å²) in [5.74, 6) is 2.48. The summed E-state index contributed by atoms with van der Waals surface area (Å²) in [6.07, 6.45) is 6.91. The topological polar surface area (TPSA) is 165 Å². The second-order valence-corrected chi connectivity index (χ2v) is 10.7. The Morgan fingerprint density at radius 1 is 0.955 bits per heavy atom. The molecule has 6 heterocycles. The van der Waals surface area contributed by atoms with Crippen LogP contribution in [-0.2, 0) is 13.6 Å². The molecule has 13 heteroatoms. The van der Waals surface area contributed by atoms with E-state index in [-0.39, 0.29) is 5.82 Å². The number of likely N-dealkylation sites (tertiary alicyclic amines) is 1. The molecule has 44 heavy (non-hydrogen) atoms. The molecule has 0 atom stereocenters. The fourth-order valence-electron chi connectivity index (χ4n) is 5.52. The van der Waals surface area contributed by atoms with Crippen molar-refractivity contribution in [1.29, 1.82) is 5.26 Å². The number of nitrogens with zero attached hydrogens (tertiary/aromatic N) is 11. The van der Waals surface area contributed by atoms with Crippen molar-refractivity contribution in [3.8, 4) is 34.7 Å². The van der Waals surface area contributed by atoms with Crippen molar-refractivity contribution in [1.82, 2.24) is 49.2 Å². The Morgan fingerprint density at radius 3 is 2.55 bits per heavy atom. The summed E-state index contributed by atoms with van der Waals surface area (Å²) in [6, 6.07) is 20.2. The molecule has 0 saturated carbocycles. The van der Waals surface area contributed by atoms with Gasteiger partial charge in [0.15, 0.2) is 17.3 Å². The van der Waals surface area contributed by atoms with Crippen LogP contribution in [0.15, 0.2) is 73.3 Å². The fourth-order valence-corrected chi connectivity index (χ4v) is 5.52. The van der Waals surface area contributed by atoms with Crippen molar-refractivity contribution in [2.24, 2.45) is 7.05 Å². The normalized spacial score (nSPS) is 14.1. The first-order valence-electron chi connectivity index (χ1n) is 14.3. The number of rotatable bonds is 7. The number of piperidine rings is 1. The molecule has 5 aromatic heterocycles. The van der Waals surface area contributed by atoms with E-state index < -0.39 is 0 Å². The monoisotopic (exact) mass is 583 g/mol. The molecule has 0 unspecified atom stereocenters. The minimum atomic E-state index is 0.178. The molecule has 0 radical (unpaired) electrons. The number of anilines is 2. The highest BCUT2D eigenvalue weighted by Crippen LogP contribution is 2.31. The van der Waals surface area contributed by atoms with Gasteiger partial charge in [0.1, 0.15) is 35.2 Å². The zero-order valence-corrected chi connectivity index (χ0v) is 24.0. The number of aromatic nitrogens is 9. The average molecular weight is 584 g/mol. The zero-order chi connectivity index (χ0) is 30.0. The molecule has 1 saturated heterocycles. The summed E-state index contributed by atoms with van der Waals surface area (Å²) in [4.78, 5) is 29.2. The number of imidazole rings is 1. The summed E-state index contributed by atoms with van der Waals surface area (Å²) in [6.45, 7) is 2.76. The van der Waals surface area contributed by atoms with E-state index in [4.69, 9.17) is 21.0 Å². The lowest BCUT2D eigenvalue weighted by Crippen LogP contribution is -2.38. The maximum atomic E-state index is 9.06. The first-order valence-corrected chi connectivity index (χ1v) is 14.3. The third-order valence-electron chi connectivity index (χ3n) is 7.71. The lowest BCUT2D eigenvalue weighted by Gasteiger charge is -2.32. The smallest absolute Gasteiger partial charge is 0.234 e. The van der Waals surface area contributed by atoms with Crippen LogP contribution in [0.4, 0.5) is 11.6 Å². The number of hydrogen-bond acceptors (Lipinski definition) is 11. The van der Waals surface area contributed by atoms with Crippen LogP contribution in [0.3, 0.4) is 0 Å². The van der Waals surface area contributed by atoms with Crippen molar-refractivity contribution in [3.63, 3.8) is 0 Å². The molecule has 7 rings (SSSR count). The molecule has 1 aromatic carbocycles. The predicted molar refractivity (Wildman–Crippen MR) is 165 cm³/mol. The molecular weight excluding hydrogens is 554 g/mol. The number of fused-ring (bicyclic) bond motifs is 1. The highest BCUT2D eigenvalue weighted by molar-refractivity contribution is 5.84. The van der Waals surface area contributed by atoms with Gasteiger partial charge in [-0.25, -0.2) is 29.9 Å². The Kier molecular flexibility index (Phi) is 7.09. The van der Waals surface area contributed by atoms with Crippen LogP contribution in [0.25, 0.3) is 39.8 Å². The van der Waals surface area contributed by atoms with Crippen LogP contribution < -0.4 is 11.1 Å². The van der Waals surface area contributed by atoms with E-state index in [1.54, 1.807) is 29.5 Å². The van der Waals surface area contributed by atoms with E-state index in [2.05, 4.69) is 59.5 Å². The maximum absolute atomic E-state index is 9.06. The van der Waals surface area contributed by atoms with Crippen LogP contribution in [0.1, 0.15) is 24.2 Å². The van der Waals surface area contributed by atoms with E-state index in [0.717, 1.165) is 49.2 Å². The number of nitriles is 1. The Morgan fingerprint density at radius 2 is 1.80 bits per heavy atom. The third-order valence-corrected chi connectivity index (χ3v) is 7.71. The number of nitrogens with one attached hydrogen (secondary N) is 1.